The molecule has 0 amide bonds. The van der Waals surface area contributed by atoms with Gasteiger partial charge in [0.15, 0.2) is 0 Å². The van der Waals surface area contributed by atoms with E-state index in [2.05, 4.69) is 14.8 Å². The van der Waals surface area contributed by atoms with E-state index >= 15 is 0 Å². The van der Waals surface area contributed by atoms with Crippen LogP contribution in [-0.4, -0.2) is 65.2 Å². The van der Waals surface area contributed by atoms with E-state index in [0.29, 0.717) is 29.2 Å². The van der Waals surface area contributed by atoms with Crippen molar-refractivity contribution in [1.29, 1.82) is 0 Å². The number of ketones is 1. The van der Waals surface area contributed by atoms with Crippen molar-refractivity contribution in [1.82, 2.24) is 14.4 Å². The molecule has 6 heteroatoms. The van der Waals surface area contributed by atoms with Crippen molar-refractivity contribution in [3.63, 3.8) is 0 Å². The standard InChI is InChI=1S/C22H24N4O2/c1-24(2)12-13-25(3)14-26-18-11-7-5-9-16(18)19(22(26)28)20-21(27)15-8-4-6-10-17(15)23-20/h4-11,28H,12-14H2,1-3H3. The molecule has 28 heavy (non-hydrogen) atoms. The van der Waals surface area contributed by atoms with Crippen molar-refractivity contribution in [2.24, 2.45) is 4.99 Å². The molecule has 0 bridgehead atoms. The largest absolute Gasteiger partial charge is 0.494 e. The summed E-state index contributed by atoms with van der Waals surface area (Å²) in [5.74, 6) is -0.0624. The topological polar surface area (TPSA) is 61.1 Å². The van der Waals surface area contributed by atoms with Gasteiger partial charge in [0, 0.05) is 24.0 Å². The number of Topliss-reactive ketones (excluding diaryl/α,β-unsaturated/α-hetero) is 1. The maximum atomic E-state index is 12.9. The lowest BCUT2D eigenvalue weighted by Crippen LogP contribution is -2.30. The van der Waals surface area contributed by atoms with E-state index in [1.165, 1.54) is 0 Å². The molecular weight excluding hydrogens is 352 g/mol. The van der Waals surface area contributed by atoms with Crippen LogP contribution in [0.3, 0.4) is 0 Å². The first-order valence-corrected chi connectivity index (χ1v) is 9.33. The van der Waals surface area contributed by atoms with Gasteiger partial charge in [-0.25, -0.2) is 4.99 Å². The average Bonchev–Trinajstić information content (AvgIpc) is 3.15. The SMILES string of the molecule is CN(C)CCN(C)Cn1c(O)c(C2=Nc3ccccc3C2=O)c2ccccc21. The highest BCUT2D eigenvalue weighted by Crippen LogP contribution is 2.37. The normalized spacial score (nSPS) is 13.6. The molecule has 0 unspecified atom stereocenters. The lowest BCUT2D eigenvalue weighted by molar-refractivity contribution is 0.107. The molecule has 0 saturated carbocycles. The lowest BCUT2D eigenvalue weighted by atomic mass is 10.0. The number of benzene rings is 2. The van der Waals surface area contributed by atoms with Gasteiger partial charge in [-0.3, -0.25) is 14.3 Å². The Morgan fingerprint density at radius 2 is 1.71 bits per heavy atom. The number of rotatable bonds is 6. The van der Waals surface area contributed by atoms with Crippen LogP contribution in [0.5, 0.6) is 5.88 Å². The van der Waals surface area contributed by atoms with Gasteiger partial charge in [0.05, 0.1) is 23.4 Å². The predicted octanol–water partition coefficient (Wildman–Crippen LogP) is 3.11. The van der Waals surface area contributed by atoms with Crippen LogP contribution in [-0.2, 0) is 6.67 Å². The Labute approximate surface area is 164 Å². The van der Waals surface area contributed by atoms with Crippen molar-refractivity contribution >= 4 is 28.1 Å². The van der Waals surface area contributed by atoms with Gasteiger partial charge in [0.25, 0.3) is 0 Å². The maximum Gasteiger partial charge on any atom is 0.214 e. The smallest absolute Gasteiger partial charge is 0.214 e. The molecular formula is C22H24N4O2. The zero-order valence-corrected chi connectivity index (χ0v) is 16.4. The van der Waals surface area contributed by atoms with Crippen LogP contribution in [0.2, 0.25) is 0 Å². The van der Waals surface area contributed by atoms with E-state index < -0.39 is 0 Å². The molecule has 2 heterocycles. The zero-order chi connectivity index (χ0) is 19.8. The number of aromatic hydroxyl groups is 1. The second-order valence-corrected chi connectivity index (χ2v) is 7.47. The Balaban J connectivity index is 1.77. The Kier molecular flexibility index (Phi) is 4.75. The lowest BCUT2D eigenvalue weighted by Gasteiger charge is -2.21. The Morgan fingerprint density at radius 3 is 2.46 bits per heavy atom. The number of hydrogen-bond acceptors (Lipinski definition) is 5. The molecule has 0 saturated heterocycles. The highest BCUT2D eigenvalue weighted by atomic mass is 16.3. The van der Waals surface area contributed by atoms with Crippen LogP contribution >= 0.6 is 0 Å². The first-order chi connectivity index (χ1) is 13.5. The molecule has 4 rings (SSSR count). The average molecular weight is 376 g/mol. The van der Waals surface area contributed by atoms with Crippen molar-refractivity contribution < 1.29 is 9.90 Å². The number of aromatic nitrogens is 1. The zero-order valence-electron chi connectivity index (χ0n) is 16.4. The molecule has 0 spiro atoms. The first kappa shape index (κ1) is 18.4. The third kappa shape index (κ3) is 3.10. The van der Waals surface area contributed by atoms with Crippen LogP contribution in [0.1, 0.15) is 15.9 Å². The van der Waals surface area contributed by atoms with Crippen molar-refractivity contribution in [3.8, 4) is 5.88 Å². The van der Waals surface area contributed by atoms with E-state index in [1.54, 1.807) is 6.07 Å². The summed E-state index contributed by atoms with van der Waals surface area (Å²) < 4.78 is 1.85. The second kappa shape index (κ2) is 7.22. The van der Waals surface area contributed by atoms with Gasteiger partial charge >= 0.3 is 0 Å². The second-order valence-electron chi connectivity index (χ2n) is 7.47. The third-order valence-corrected chi connectivity index (χ3v) is 5.09. The molecule has 0 radical (unpaired) electrons. The summed E-state index contributed by atoms with van der Waals surface area (Å²) in [4.78, 5) is 21.7. The van der Waals surface area contributed by atoms with Crippen molar-refractivity contribution in [2.45, 2.75) is 6.67 Å². The van der Waals surface area contributed by atoms with Crippen molar-refractivity contribution in [2.75, 3.05) is 34.2 Å². The summed E-state index contributed by atoms with van der Waals surface area (Å²) in [5, 5.41) is 11.9. The molecule has 0 fully saturated rings. The van der Waals surface area contributed by atoms with Crippen LogP contribution in [0, 0.1) is 0 Å². The first-order valence-electron chi connectivity index (χ1n) is 9.33. The summed E-state index contributed by atoms with van der Waals surface area (Å²) in [5.41, 5.74) is 2.94. The Hall–Kier alpha value is -2.96. The maximum absolute atomic E-state index is 12.9. The number of hydrogen-bond donors (Lipinski definition) is 1. The number of fused-ring (bicyclic) bond motifs is 2. The summed E-state index contributed by atoms with van der Waals surface area (Å²) in [6.45, 7) is 2.30. The van der Waals surface area contributed by atoms with Crippen LogP contribution in [0.4, 0.5) is 5.69 Å². The predicted molar refractivity (Wildman–Crippen MR) is 112 cm³/mol. The van der Waals surface area contributed by atoms with Gasteiger partial charge in [0.2, 0.25) is 11.7 Å². The molecule has 6 nitrogen and oxygen atoms in total. The molecule has 0 atom stereocenters. The fraction of sp³-hybridized carbons (Fsp3) is 0.273. The van der Waals surface area contributed by atoms with E-state index in [1.807, 2.05) is 68.2 Å². The van der Waals surface area contributed by atoms with Gasteiger partial charge in [-0.05, 0) is 39.3 Å². The highest BCUT2D eigenvalue weighted by molar-refractivity contribution is 6.56. The quantitative estimate of drug-likeness (QED) is 0.718. The summed E-state index contributed by atoms with van der Waals surface area (Å²) >= 11 is 0. The van der Waals surface area contributed by atoms with Gasteiger partial charge in [-0.15, -0.1) is 0 Å². The number of para-hydroxylation sites is 2. The Morgan fingerprint density at radius 1 is 1.00 bits per heavy atom. The van der Waals surface area contributed by atoms with Crippen LogP contribution in [0.25, 0.3) is 10.9 Å². The third-order valence-electron chi connectivity index (χ3n) is 5.09. The number of carbonyl (C=O) groups excluding carboxylic acids is 1. The molecule has 3 aromatic rings. The van der Waals surface area contributed by atoms with E-state index in [-0.39, 0.29) is 11.7 Å². The van der Waals surface area contributed by atoms with Gasteiger partial charge in [0.1, 0.15) is 5.71 Å². The fourth-order valence-electron chi connectivity index (χ4n) is 3.58. The molecule has 2 aromatic carbocycles. The highest BCUT2D eigenvalue weighted by Gasteiger charge is 2.31. The minimum Gasteiger partial charge on any atom is -0.494 e. The minimum atomic E-state index is -0.144. The molecule has 1 aliphatic rings. The van der Waals surface area contributed by atoms with Crippen LogP contribution in [0.15, 0.2) is 53.5 Å². The fourth-order valence-corrected chi connectivity index (χ4v) is 3.58. The molecule has 1 aliphatic heterocycles. The van der Waals surface area contributed by atoms with Gasteiger partial charge in [-0.1, -0.05) is 30.3 Å². The molecule has 0 aliphatic carbocycles. The van der Waals surface area contributed by atoms with Crippen LogP contribution < -0.4 is 0 Å². The minimum absolute atomic E-state index is 0.0813. The Bertz CT molecular complexity index is 1080. The van der Waals surface area contributed by atoms with E-state index in [0.717, 1.165) is 24.0 Å². The summed E-state index contributed by atoms with van der Waals surface area (Å²) in [6.07, 6.45) is 0. The molecule has 144 valence electrons. The van der Waals surface area contributed by atoms with E-state index in [9.17, 15) is 9.90 Å². The molecule has 1 N–H and O–H groups in total. The monoisotopic (exact) mass is 376 g/mol. The molecule has 1 aromatic heterocycles. The number of carbonyl (C=O) groups is 1. The van der Waals surface area contributed by atoms with E-state index in [4.69, 9.17) is 0 Å². The number of nitrogens with zero attached hydrogens (tertiary/aromatic N) is 4. The summed E-state index contributed by atoms with van der Waals surface area (Å²) in [7, 11) is 6.09. The van der Waals surface area contributed by atoms with Gasteiger partial charge in [-0.2, -0.15) is 0 Å². The number of aliphatic imine (C=N–C) groups is 1. The summed E-state index contributed by atoms with van der Waals surface area (Å²) in [6, 6.07) is 15.0. The van der Waals surface area contributed by atoms with Gasteiger partial charge < -0.3 is 10.0 Å². The van der Waals surface area contributed by atoms with Crippen molar-refractivity contribution in [3.05, 3.63) is 59.7 Å². The number of likely N-dealkylation sites (N-methyl/N-ethyl adjacent to an activating group) is 2.